The minimum atomic E-state index is -3.56. The fraction of sp³-hybridized carbons (Fsp3) is 0.600. The Hall–Kier alpha value is -1.11. The maximum atomic E-state index is 12.5. The van der Waals surface area contributed by atoms with Gasteiger partial charge >= 0.3 is 0 Å². The molecular formula is C15H23NO4S. The average molecular weight is 313 g/mol. The first-order valence-corrected chi connectivity index (χ1v) is 8.66. The summed E-state index contributed by atoms with van der Waals surface area (Å²) in [5, 5.41) is 9.12. The number of hydrogen-bond donors (Lipinski definition) is 2. The Bertz CT molecular complexity index is 594. The molecule has 0 radical (unpaired) electrons. The van der Waals surface area contributed by atoms with Crippen LogP contribution in [0.2, 0.25) is 0 Å². The second-order valence-electron chi connectivity index (χ2n) is 5.94. The molecule has 1 fully saturated rings. The summed E-state index contributed by atoms with van der Waals surface area (Å²) >= 11 is 0. The van der Waals surface area contributed by atoms with Crippen molar-refractivity contribution < 1.29 is 18.3 Å². The van der Waals surface area contributed by atoms with Crippen LogP contribution in [0, 0.1) is 5.41 Å². The number of nitrogens with one attached hydrogen (secondary N) is 1. The molecule has 0 bridgehead atoms. The van der Waals surface area contributed by atoms with Gasteiger partial charge in [-0.25, -0.2) is 13.1 Å². The summed E-state index contributed by atoms with van der Waals surface area (Å²) in [6.45, 7) is 2.45. The van der Waals surface area contributed by atoms with E-state index in [9.17, 15) is 8.42 Å². The van der Waals surface area contributed by atoms with E-state index < -0.39 is 10.0 Å². The fourth-order valence-electron chi connectivity index (χ4n) is 2.56. The van der Waals surface area contributed by atoms with Crippen molar-refractivity contribution in [1.82, 2.24) is 4.72 Å². The number of methoxy groups -OCH3 is 1. The zero-order valence-electron chi connectivity index (χ0n) is 12.6. The molecule has 0 amide bonds. The minimum Gasteiger partial charge on any atom is -0.497 e. The monoisotopic (exact) mass is 313 g/mol. The Balaban J connectivity index is 2.21. The van der Waals surface area contributed by atoms with Crippen molar-refractivity contribution in [2.24, 2.45) is 5.41 Å². The van der Waals surface area contributed by atoms with Crippen LogP contribution in [0.15, 0.2) is 23.1 Å². The summed E-state index contributed by atoms with van der Waals surface area (Å²) in [6.07, 6.45) is 3.56. The van der Waals surface area contributed by atoms with Crippen LogP contribution >= 0.6 is 0 Å². The highest BCUT2D eigenvalue weighted by Gasteiger charge is 2.33. The maximum Gasteiger partial charge on any atom is 0.240 e. The number of rotatable bonds is 7. The predicted molar refractivity (Wildman–Crippen MR) is 80.9 cm³/mol. The Morgan fingerprint density at radius 2 is 2.10 bits per heavy atom. The van der Waals surface area contributed by atoms with E-state index in [2.05, 4.69) is 11.6 Å². The molecule has 118 valence electrons. The van der Waals surface area contributed by atoms with Gasteiger partial charge in [0.1, 0.15) is 5.75 Å². The number of ether oxygens (including phenoxy) is 1. The summed E-state index contributed by atoms with van der Waals surface area (Å²) in [6, 6.07) is 4.83. The molecule has 0 unspecified atom stereocenters. The molecule has 0 aromatic heterocycles. The third kappa shape index (κ3) is 3.75. The highest BCUT2D eigenvalue weighted by atomic mass is 32.2. The van der Waals surface area contributed by atoms with Crippen molar-refractivity contribution in [1.29, 1.82) is 0 Å². The van der Waals surface area contributed by atoms with Crippen LogP contribution in [0.1, 0.15) is 31.7 Å². The highest BCUT2D eigenvalue weighted by Crippen LogP contribution is 2.39. The molecular weight excluding hydrogens is 290 g/mol. The fourth-order valence-corrected chi connectivity index (χ4v) is 4.01. The summed E-state index contributed by atoms with van der Waals surface area (Å²) in [4.78, 5) is 0.222. The van der Waals surface area contributed by atoms with E-state index in [1.54, 1.807) is 12.1 Å². The van der Waals surface area contributed by atoms with Gasteiger partial charge in [-0.2, -0.15) is 0 Å². The van der Waals surface area contributed by atoms with Gasteiger partial charge in [-0.05, 0) is 48.4 Å². The number of hydrogen-bond acceptors (Lipinski definition) is 4. The van der Waals surface area contributed by atoms with Gasteiger partial charge in [0.15, 0.2) is 0 Å². The van der Waals surface area contributed by atoms with E-state index in [-0.39, 0.29) is 23.3 Å². The van der Waals surface area contributed by atoms with Gasteiger partial charge in [0.25, 0.3) is 0 Å². The molecule has 0 saturated heterocycles. The topological polar surface area (TPSA) is 75.6 Å². The maximum absolute atomic E-state index is 12.5. The number of aliphatic hydroxyl groups is 1. The Morgan fingerprint density at radius 1 is 1.38 bits per heavy atom. The van der Waals surface area contributed by atoms with Crippen LogP contribution in [-0.2, 0) is 16.4 Å². The standard InChI is InChI=1S/C15H23NO4S/c1-15(7-3-8-15)11-16-21(18,19)14-5-4-13(20-2)10-12(14)6-9-17/h4-5,10,16-17H,3,6-9,11H2,1-2H3. The van der Waals surface area contributed by atoms with Crippen molar-refractivity contribution in [2.75, 3.05) is 20.3 Å². The number of aliphatic hydroxyl groups excluding tert-OH is 1. The SMILES string of the molecule is COc1ccc(S(=O)(=O)NCC2(C)CCC2)c(CCO)c1. The second kappa shape index (κ2) is 6.34. The summed E-state index contributed by atoms with van der Waals surface area (Å²) in [5.41, 5.74) is 0.652. The average Bonchev–Trinajstić information content (AvgIpc) is 2.43. The third-order valence-corrected chi connectivity index (χ3v) is 5.69. The number of benzene rings is 1. The summed E-state index contributed by atoms with van der Waals surface area (Å²) in [5.74, 6) is 0.586. The van der Waals surface area contributed by atoms with Gasteiger partial charge in [0.05, 0.1) is 12.0 Å². The summed E-state index contributed by atoms with van der Waals surface area (Å²) in [7, 11) is -2.03. The van der Waals surface area contributed by atoms with Crippen LogP contribution in [-0.4, -0.2) is 33.8 Å². The molecule has 2 rings (SSSR count). The molecule has 0 heterocycles. The van der Waals surface area contributed by atoms with Crippen molar-refractivity contribution in [3.05, 3.63) is 23.8 Å². The van der Waals surface area contributed by atoms with E-state index >= 15 is 0 Å². The smallest absolute Gasteiger partial charge is 0.240 e. The Morgan fingerprint density at radius 3 is 2.62 bits per heavy atom. The molecule has 1 aliphatic carbocycles. The van der Waals surface area contributed by atoms with E-state index in [1.165, 1.54) is 13.2 Å². The zero-order valence-corrected chi connectivity index (χ0v) is 13.4. The van der Waals surface area contributed by atoms with Gasteiger partial charge in [0.2, 0.25) is 10.0 Å². The molecule has 6 heteroatoms. The third-order valence-electron chi connectivity index (χ3n) is 4.19. The lowest BCUT2D eigenvalue weighted by molar-refractivity contribution is 0.166. The van der Waals surface area contributed by atoms with E-state index in [4.69, 9.17) is 9.84 Å². The van der Waals surface area contributed by atoms with Crippen molar-refractivity contribution >= 4 is 10.0 Å². The molecule has 21 heavy (non-hydrogen) atoms. The molecule has 1 aromatic carbocycles. The quantitative estimate of drug-likeness (QED) is 0.803. The highest BCUT2D eigenvalue weighted by molar-refractivity contribution is 7.89. The van der Waals surface area contributed by atoms with Gasteiger partial charge in [0, 0.05) is 13.2 Å². The normalized spacial score (nSPS) is 17.3. The summed E-state index contributed by atoms with van der Waals surface area (Å²) < 4.78 is 32.8. The molecule has 0 atom stereocenters. The van der Waals surface area contributed by atoms with Gasteiger partial charge in [-0.15, -0.1) is 0 Å². The predicted octanol–water partition coefficient (Wildman–Crippen LogP) is 1.70. The van der Waals surface area contributed by atoms with Crippen LogP contribution in [0.5, 0.6) is 5.75 Å². The van der Waals surface area contributed by atoms with Gasteiger partial charge < -0.3 is 9.84 Å². The van der Waals surface area contributed by atoms with Gasteiger partial charge in [-0.3, -0.25) is 0 Å². The van der Waals surface area contributed by atoms with Crippen molar-refractivity contribution in [3.63, 3.8) is 0 Å². The first-order valence-electron chi connectivity index (χ1n) is 7.18. The van der Waals surface area contributed by atoms with Crippen LogP contribution in [0.4, 0.5) is 0 Å². The van der Waals surface area contributed by atoms with Crippen LogP contribution < -0.4 is 9.46 Å². The molecule has 0 spiro atoms. The molecule has 1 aliphatic rings. The molecule has 0 aliphatic heterocycles. The van der Waals surface area contributed by atoms with Gasteiger partial charge in [-0.1, -0.05) is 13.3 Å². The Labute approximate surface area is 126 Å². The Kier molecular flexibility index (Phi) is 4.91. The van der Waals surface area contributed by atoms with Crippen LogP contribution in [0.25, 0.3) is 0 Å². The molecule has 2 N–H and O–H groups in total. The number of sulfonamides is 1. The van der Waals surface area contributed by atoms with E-state index in [0.717, 1.165) is 19.3 Å². The minimum absolute atomic E-state index is 0.0800. The lowest BCUT2D eigenvalue weighted by Crippen LogP contribution is -2.40. The second-order valence-corrected chi connectivity index (χ2v) is 7.67. The van der Waals surface area contributed by atoms with Crippen molar-refractivity contribution in [3.8, 4) is 5.75 Å². The van der Waals surface area contributed by atoms with Crippen molar-refractivity contribution in [2.45, 2.75) is 37.5 Å². The molecule has 1 aromatic rings. The first-order chi connectivity index (χ1) is 9.90. The lowest BCUT2D eigenvalue weighted by Gasteiger charge is -2.38. The zero-order chi connectivity index (χ0) is 15.5. The van der Waals surface area contributed by atoms with E-state index in [1.807, 2.05) is 0 Å². The van der Waals surface area contributed by atoms with Crippen LogP contribution in [0.3, 0.4) is 0 Å². The first kappa shape index (κ1) is 16.3. The molecule has 5 nitrogen and oxygen atoms in total. The van der Waals surface area contributed by atoms with E-state index in [0.29, 0.717) is 17.9 Å². The molecule has 1 saturated carbocycles. The lowest BCUT2D eigenvalue weighted by atomic mass is 9.71. The largest absolute Gasteiger partial charge is 0.497 e.